The monoisotopic (exact) mass is 146 g/mol. The highest BCUT2D eigenvalue weighted by atomic mass is 16.3. The molecule has 1 unspecified atom stereocenters. The normalized spacial score (nSPS) is 12.1. The van der Waals surface area contributed by atoms with Crippen LogP contribution in [0, 0.1) is 19.3 Å². The maximum atomic E-state index is 9.22. The van der Waals surface area contributed by atoms with Crippen molar-refractivity contribution in [2.75, 3.05) is 0 Å². The molecule has 1 nitrogen and oxygen atoms in total. The Balaban J connectivity index is 2.98. The molecular weight excluding hydrogens is 136 g/mol. The lowest BCUT2D eigenvalue weighted by molar-refractivity contribution is 0.238. The van der Waals surface area contributed by atoms with Crippen molar-refractivity contribution in [3.8, 4) is 12.3 Å². The summed E-state index contributed by atoms with van der Waals surface area (Å²) in [6.07, 6.45) is 4.29. The summed E-state index contributed by atoms with van der Waals surface area (Å²) in [5, 5.41) is 9.22. The molecule has 0 aromatic heterocycles. The van der Waals surface area contributed by atoms with Gasteiger partial charge in [0, 0.05) is 0 Å². The smallest absolute Gasteiger partial charge is 0.139 e. The fourth-order valence-electron chi connectivity index (χ4n) is 0.936. The van der Waals surface area contributed by atoms with E-state index in [4.69, 9.17) is 6.42 Å². The minimum atomic E-state index is -0.769. The molecule has 1 aromatic carbocycles. The third-order valence-corrected chi connectivity index (χ3v) is 1.52. The lowest BCUT2D eigenvalue weighted by atomic mass is 10.1. The zero-order chi connectivity index (χ0) is 8.27. The van der Waals surface area contributed by atoms with Gasteiger partial charge in [0.25, 0.3) is 0 Å². The Morgan fingerprint density at radius 1 is 1.55 bits per heavy atom. The van der Waals surface area contributed by atoms with Gasteiger partial charge >= 0.3 is 0 Å². The van der Waals surface area contributed by atoms with Crippen molar-refractivity contribution >= 4 is 0 Å². The minimum Gasteiger partial charge on any atom is -0.376 e. The molecule has 0 fully saturated rings. The second-order valence-corrected chi connectivity index (χ2v) is 2.48. The van der Waals surface area contributed by atoms with Crippen LogP contribution in [-0.4, -0.2) is 5.11 Å². The summed E-state index contributed by atoms with van der Waals surface area (Å²) in [5.41, 5.74) is 1.89. The quantitative estimate of drug-likeness (QED) is 0.597. The number of aliphatic hydroxyl groups excluding tert-OH is 1. The van der Waals surface area contributed by atoms with Crippen LogP contribution >= 0.6 is 0 Å². The first-order valence-electron chi connectivity index (χ1n) is 3.45. The van der Waals surface area contributed by atoms with Crippen molar-refractivity contribution in [1.29, 1.82) is 0 Å². The van der Waals surface area contributed by atoms with Crippen molar-refractivity contribution < 1.29 is 5.11 Å². The third-order valence-electron chi connectivity index (χ3n) is 1.52. The Morgan fingerprint density at radius 2 is 2.27 bits per heavy atom. The maximum absolute atomic E-state index is 9.22. The Hall–Kier alpha value is -1.26. The van der Waals surface area contributed by atoms with Gasteiger partial charge < -0.3 is 5.11 Å². The van der Waals surface area contributed by atoms with E-state index in [0.29, 0.717) is 0 Å². The molecule has 0 spiro atoms. The average Bonchev–Trinajstić information content (AvgIpc) is 2.03. The summed E-state index contributed by atoms with van der Waals surface area (Å²) in [6, 6.07) is 7.54. The fourth-order valence-corrected chi connectivity index (χ4v) is 0.936. The molecule has 0 heterocycles. The molecule has 0 aliphatic rings. The highest BCUT2D eigenvalue weighted by Crippen LogP contribution is 2.12. The topological polar surface area (TPSA) is 20.2 Å². The highest BCUT2D eigenvalue weighted by Gasteiger charge is 2.00. The lowest BCUT2D eigenvalue weighted by Gasteiger charge is -2.03. The maximum Gasteiger partial charge on any atom is 0.139 e. The van der Waals surface area contributed by atoms with Gasteiger partial charge in [0.1, 0.15) is 6.10 Å². The predicted octanol–water partition coefficient (Wildman–Crippen LogP) is 1.66. The molecule has 0 saturated carbocycles. The van der Waals surface area contributed by atoms with E-state index in [1.54, 1.807) is 0 Å². The molecule has 1 rings (SSSR count). The van der Waals surface area contributed by atoms with Crippen LogP contribution in [0.3, 0.4) is 0 Å². The van der Waals surface area contributed by atoms with E-state index < -0.39 is 6.10 Å². The Morgan fingerprint density at radius 3 is 2.82 bits per heavy atom. The summed E-state index contributed by atoms with van der Waals surface area (Å²) in [5.74, 6) is 2.26. The van der Waals surface area contributed by atoms with Gasteiger partial charge in [0.05, 0.1) is 0 Å². The number of hydrogen-bond donors (Lipinski definition) is 1. The van der Waals surface area contributed by atoms with E-state index in [-0.39, 0.29) is 0 Å². The van der Waals surface area contributed by atoms with E-state index >= 15 is 0 Å². The molecular formula is C10H10O. The molecule has 11 heavy (non-hydrogen) atoms. The second kappa shape index (κ2) is 3.23. The summed E-state index contributed by atoms with van der Waals surface area (Å²) >= 11 is 0. The largest absolute Gasteiger partial charge is 0.376 e. The summed E-state index contributed by atoms with van der Waals surface area (Å²) in [4.78, 5) is 0. The zero-order valence-electron chi connectivity index (χ0n) is 6.41. The van der Waals surface area contributed by atoms with Crippen LogP contribution in [0.1, 0.15) is 17.2 Å². The fraction of sp³-hybridized carbons (Fsp3) is 0.200. The number of aryl methyl sites for hydroxylation is 1. The van der Waals surface area contributed by atoms with Crippen LogP contribution in [0.4, 0.5) is 0 Å². The van der Waals surface area contributed by atoms with E-state index in [1.165, 1.54) is 0 Å². The van der Waals surface area contributed by atoms with E-state index in [1.807, 2.05) is 31.2 Å². The van der Waals surface area contributed by atoms with Crippen LogP contribution in [0.15, 0.2) is 24.3 Å². The van der Waals surface area contributed by atoms with E-state index in [9.17, 15) is 5.11 Å². The van der Waals surface area contributed by atoms with Crippen LogP contribution in [0.25, 0.3) is 0 Å². The summed E-state index contributed by atoms with van der Waals surface area (Å²) in [7, 11) is 0. The summed E-state index contributed by atoms with van der Waals surface area (Å²) < 4.78 is 0. The van der Waals surface area contributed by atoms with Crippen molar-refractivity contribution in [3.05, 3.63) is 35.4 Å². The van der Waals surface area contributed by atoms with Gasteiger partial charge in [0.2, 0.25) is 0 Å². The first-order valence-corrected chi connectivity index (χ1v) is 3.45. The van der Waals surface area contributed by atoms with Gasteiger partial charge in [-0.15, -0.1) is 6.42 Å². The minimum absolute atomic E-state index is 0.769. The zero-order valence-corrected chi connectivity index (χ0v) is 6.41. The molecule has 56 valence electrons. The van der Waals surface area contributed by atoms with Gasteiger partial charge in [-0.1, -0.05) is 35.7 Å². The number of aliphatic hydroxyl groups is 1. The van der Waals surface area contributed by atoms with Gasteiger partial charge in [-0.3, -0.25) is 0 Å². The third kappa shape index (κ3) is 1.83. The number of benzene rings is 1. The molecule has 0 amide bonds. The van der Waals surface area contributed by atoms with Crippen molar-refractivity contribution in [2.24, 2.45) is 0 Å². The molecule has 1 N–H and O–H groups in total. The van der Waals surface area contributed by atoms with Gasteiger partial charge in [-0.2, -0.15) is 0 Å². The van der Waals surface area contributed by atoms with Crippen LogP contribution in [-0.2, 0) is 0 Å². The average molecular weight is 146 g/mol. The van der Waals surface area contributed by atoms with Crippen LogP contribution in [0.5, 0.6) is 0 Å². The molecule has 0 bridgehead atoms. The number of rotatable bonds is 1. The summed E-state index contributed by atoms with van der Waals surface area (Å²) in [6.45, 7) is 1.97. The Labute approximate surface area is 66.7 Å². The first-order chi connectivity index (χ1) is 5.24. The van der Waals surface area contributed by atoms with E-state index in [2.05, 4.69) is 5.92 Å². The number of hydrogen-bond acceptors (Lipinski definition) is 1. The van der Waals surface area contributed by atoms with Gasteiger partial charge in [-0.25, -0.2) is 0 Å². The van der Waals surface area contributed by atoms with Crippen molar-refractivity contribution in [3.63, 3.8) is 0 Å². The second-order valence-electron chi connectivity index (χ2n) is 2.48. The van der Waals surface area contributed by atoms with Gasteiger partial charge in [-0.05, 0) is 12.5 Å². The molecule has 0 aliphatic carbocycles. The Kier molecular flexibility index (Phi) is 2.30. The standard InChI is InChI=1S/C10H10O/c1-3-10(11)9-6-4-5-8(2)7-9/h1,4-7,10-11H,2H3. The van der Waals surface area contributed by atoms with E-state index in [0.717, 1.165) is 11.1 Å². The van der Waals surface area contributed by atoms with Gasteiger partial charge in [0.15, 0.2) is 0 Å². The molecule has 1 aromatic rings. The predicted molar refractivity (Wildman–Crippen MR) is 45.0 cm³/mol. The number of terminal acetylenes is 1. The SMILES string of the molecule is C#CC(O)c1cccc(C)c1. The van der Waals surface area contributed by atoms with Crippen LogP contribution < -0.4 is 0 Å². The molecule has 0 aliphatic heterocycles. The molecule has 1 atom stereocenters. The lowest BCUT2D eigenvalue weighted by Crippen LogP contribution is -1.92. The molecule has 1 heteroatoms. The van der Waals surface area contributed by atoms with Crippen LogP contribution in [0.2, 0.25) is 0 Å². The van der Waals surface area contributed by atoms with Crippen molar-refractivity contribution in [1.82, 2.24) is 0 Å². The highest BCUT2D eigenvalue weighted by molar-refractivity contribution is 5.27. The van der Waals surface area contributed by atoms with Crippen molar-refractivity contribution in [2.45, 2.75) is 13.0 Å². The first kappa shape index (κ1) is 7.84. The molecule has 0 radical (unpaired) electrons. The molecule has 0 saturated heterocycles. The Bertz CT molecular complexity index is 283.